The summed E-state index contributed by atoms with van der Waals surface area (Å²) in [6.45, 7) is 12.3. The topological polar surface area (TPSA) is 51.2 Å². The van der Waals surface area contributed by atoms with E-state index >= 15 is 0 Å². The van der Waals surface area contributed by atoms with Crippen LogP contribution < -0.4 is 0 Å². The standard InChI is InChI=1S/C28H52N2O4/c1-23(20-32-6)19-29-24(31)27(21-25(2,3)30(33-7)26(4,5)22-27)34-28(29)17-15-13-11-9-8-10-12-14-16-18-28/h23H,8-22H2,1-7H3. The molecule has 3 aliphatic rings. The summed E-state index contributed by atoms with van der Waals surface area (Å²) in [6, 6.07) is 0. The molecule has 2 heterocycles. The summed E-state index contributed by atoms with van der Waals surface area (Å²) in [5.41, 5.74) is -1.93. The van der Waals surface area contributed by atoms with Crippen LogP contribution >= 0.6 is 0 Å². The molecule has 1 amide bonds. The molecule has 6 nitrogen and oxygen atoms in total. The molecular formula is C28H52N2O4. The third kappa shape index (κ3) is 5.82. The van der Waals surface area contributed by atoms with Crippen molar-refractivity contribution in [2.24, 2.45) is 5.92 Å². The van der Waals surface area contributed by atoms with Crippen LogP contribution in [-0.4, -0.2) is 65.6 Å². The molecule has 34 heavy (non-hydrogen) atoms. The van der Waals surface area contributed by atoms with Crippen LogP contribution in [0.5, 0.6) is 0 Å². The molecular weight excluding hydrogens is 428 g/mol. The fourth-order valence-corrected chi connectivity index (χ4v) is 7.47. The van der Waals surface area contributed by atoms with Crippen molar-refractivity contribution in [3.63, 3.8) is 0 Å². The fraction of sp³-hybridized carbons (Fsp3) is 0.964. The Bertz CT molecular complexity index is 647. The van der Waals surface area contributed by atoms with E-state index in [9.17, 15) is 4.79 Å². The lowest BCUT2D eigenvalue weighted by Gasteiger charge is -2.55. The third-order valence-electron chi connectivity index (χ3n) is 8.31. The van der Waals surface area contributed by atoms with Crippen molar-refractivity contribution >= 4 is 5.91 Å². The number of ether oxygens (including phenoxy) is 2. The molecule has 1 unspecified atom stereocenters. The average molecular weight is 481 g/mol. The molecule has 198 valence electrons. The van der Waals surface area contributed by atoms with E-state index in [1.807, 2.05) is 0 Å². The molecule has 2 aliphatic heterocycles. The van der Waals surface area contributed by atoms with Gasteiger partial charge in [0.05, 0.1) is 13.7 Å². The third-order valence-corrected chi connectivity index (χ3v) is 8.31. The van der Waals surface area contributed by atoms with Crippen molar-refractivity contribution in [2.45, 2.75) is 140 Å². The molecule has 2 spiro atoms. The maximum absolute atomic E-state index is 14.4. The molecule has 3 fully saturated rings. The van der Waals surface area contributed by atoms with Crippen LogP contribution in [0.1, 0.15) is 118 Å². The van der Waals surface area contributed by atoms with Gasteiger partial charge in [0.2, 0.25) is 0 Å². The number of piperidine rings is 1. The first-order chi connectivity index (χ1) is 16.0. The summed E-state index contributed by atoms with van der Waals surface area (Å²) in [7, 11) is 3.49. The quantitative estimate of drug-likeness (QED) is 0.477. The minimum absolute atomic E-state index is 0.194. The summed E-state index contributed by atoms with van der Waals surface area (Å²) < 4.78 is 12.7. The summed E-state index contributed by atoms with van der Waals surface area (Å²) in [5.74, 6) is 0.463. The van der Waals surface area contributed by atoms with E-state index < -0.39 is 11.3 Å². The van der Waals surface area contributed by atoms with Gasteiger partial charge in [-0.15, -0.1) is 0 Å². The van der Waals surface area contributed by atoms with Crippen LogP contribution in [0, 0.1) is 5.92 Å². The highest BCUT2D eigenvalue weighted by Crippen LogP contribution is 2.53. The number of amides is 1. The zero-order valence-electron chi connectivity index (χ0n) is 23.2. The lowest BCUT2D eigenvalue weighted by molar-refractivity contribution is -0.298. The lowest BCUT2D eigenvalue weighted by atomic mass is 9.72. The Balaban J connectivity index is 1.98. The Hall–Kier alpha value is -0.690. The predicted molar refractivity (Wildman–Crippen MR) is 136 cm³/mol. The van der Waals surface area contributed by atoms with Gasteiger partial charge in [-0.25, -0.2) is 0 Å². The molecule has 0 aromatic rings. The maximum atomic E-state index is 14.4. The van der Waals surface area contributed by atoms with Crippen LogP contribution in [-0.2, 0) is 19.1 Å². The van der Waals surface area contributed by atoms with Crippen molar-refractivity contribution in [2.75, 3.05) is 27.4 Å². The largest absolute Gasteiger partial charge is 0.384 e. The molecule has 2 saturated heterocycles. The molecule has 0 bridgehead atoms. The van der Waals surface area contributed by atoms with Crippen LogP contribution in [0.4, 0.5) is 0 Å². The SMILES string of the molecule is COCC(C)CN1C(=O)C2(CC(C)(C)N(OC)C(C)(C)C2)OC12CCCCCCCCCCC2. The van der Waals surface area contributed by atoms with Gasteiger partial charge in [-0.2, -0.15) is 5.06 Å². The molecule has 0 N–H and O–H groups in total. The van der Waals surface area contributed by atoms with E-state index in [0.29, 0.717) is 26.0 Å². The van der Waals surface area contributed by atoms with E-state index in [2.05, 4.69) is 44.6 Å². The van der Waals surface area contributed by atoms with Gasteiger partial charge in [-0.05, 0) is 59.3 Å². The molecule has 1 saturated carbocycles. The van der Waals surface area contributed by atoms with Crippen LogP contribution in [0.15, 0.2) is 0 Å². The summed E-state index contributed by atoms with van der Waals surface area (Å²) in [6.07, 6.45) is 14.5. The van der Waals surface area contributed by atoms with E-state index in [0.717, 1.165) is 25.7 Å². The van der Waals surface area contributed by atoms with Gasteiger partial charge >= 0.3 is 0 Å². The van der Waals surface area contributed by atoms with E-state index in [1.54, 1.807) is 14.2 Å². The first kappa shape index (κ1) is 27.9. The van der Waals surface area contributed by atoms with Crippen LogP contribution in [0.3, 0.4) is 0 Å². The first-order valence-corrected chi connectivity index (χ1v) is 13.9. The predicted octanol–water partition coefficient (Wildman–Crippen LogP) is 6.08. The smallest absolute Gasteiger partial charge is 0.257 e. The number of methoxy groups -OCH3 is 1. The number of hydroxylamine groups is 2. The van der Waals surface area contributed by atoms with Gasteiger partial charge in [0.15, 0.2) is 5.60 Å². The lowest BCUT2D eigenvalue weighted by Crippen LogP contribution is -2.66. The summed E-state index contributed by atoms with van der Waals surface area (Å²) in [4.78, 5) is 22.5. The summed E-state index contributed by atoms with van der Waals surface area (Å²) >= 11 is 0. The fourth-order valence-electron chi connectivity index (χ4n) is 7.47. The Morgan fingerprint density at radius 2 is 1.32 bits per heavy atom. The van der Waals surface area contributed by atoms with Crippen molar-refractivity contribution in [1.82, 2.24) is 9.96 Å². The highest BCUT2D eigenvalue weighted by Gasteiger charge is 2.66. The minimum Gasteiger partial charge on any atom is -0.384 e. The number of carbonyl (C=O) groups excluding carboxylic acids is 1. The van der Waals surface area contributed by atoms with Crippen molar-refractivity contribution in [1.29, 1.82) is 0 Å². The molecule has 0 aromatic carbocycles. The number of hydrogen-bond acceptors (Lipinski definition) is 5. The van der Waals surface area contributed by atoms with Crippen LogP contribution in [0.2, 0.25) is 0 Å². The second kappa shape index (κ2) is 11.1. The monoisotopic (exact) mass is 480 g/mol. The van der Waals surface area contributed by atoms with E-state index in [4.69, 9.17) is 14.3 Å². The zero-order valence-corrected chi connectivity index (χ0v) is 23.2. The number of carbonyl (C=O) groups is 1. The van der Waals surface area contributed by atoms with Gasteiger partial charge in [0.1, 0.15) is 5.72 Å². The Kier molecular flexibility index (Phi) is 9.14. The van der Waals surface area contributed by atoms with Gasteiger partial charge in [-0.3, -0.25) is 4.79 Å². The molecule has 3 rings (SSSR count). The van der Waals surface area contributed by atoms with Crippen molar-refractivity contribution < 1.29 is 19.1 Å². The van der Waals surface area contributed by atoms with E-state index in [-0.39, 0.29) is 22.9 Å². The minimum atomic E-state index is -0.800. The zero-order chi connectivity index (χ0) is 25.0. The molecule has 6 heteroatoms. The van der Waals surface area contributed by atoms with Crippen LogP contribution in [0.25, 0.3) is 0 Å². The second-order valence-electron chi connectivity index (χ2n) is 12.7. The Morgan fingerprint density at radius 1 is 0.853 bits per heavy atom. The normalized spacial score (nSPS) is 28.6. The summed E-state index contributed by atoms with van der Waals surface area (Å²) in [5, 5.41) is 2.08. The average Bonchev–Trinajstić information content (AvgIpc) is 2.91. The maximum Gasteiger partial charge on any atom is 0.257 e. The van der Waals surface area contributed by atoms with Crippen molar-refractivity contribution in [3.05, 3.63) is 0 Å². The van der Waals surface area contributed by atoms with Gasteiger partial charge in [0.25, 0.3) is 5.91 Å². The van der Waals surface area contributed by atoms with E-state index in [1.165, 1.54) is 44.9 Å². The highest BCUT2D eigenvalue weighted by atomic mass is 16.7. The highest BCUT2D eigenvalue weighted by molar-refractivity contribution is 5.88. The first-order valence-electron chi connectivity index (χ1n) is 13.9. The number of rotatable bonds is 5. The molecule has 0 radical (unpaired) electrons. The number of nitrogens with zero attached hydrogens (tertiary/aromatic N) is 2. The van der Waals surface area contributed by atoms with Gasteiger partial charge < -0.3 is 19.2 Å². The Labute approximate surface area is 209 Å². The van der Waals surface area contributed by atoms with Gasteiger partial charge in [0, 0.05) is 37.6 Å². The molecule has 1 atom stereocenters. The second-order valence-corrected chi connectivity index (χ2v) is 12.7. The Morgan fingerprint density at radius 3 is 1.76 bits per heavy atom. The molecule has 0 aromatic heterocycles. The van der Waals surface area contributed by atoms with Crippen molar-refractivity contribution in [3.8, 4) is 0 Å². The van der Waals surface area contributed by atoms with Gasteiger partial charge in [-0.1, -0.05) is 51.9 Å². The molecule has 1 aliphatic carbocycles. The number of hydrogen-bond donors (Lipinski definition) is 0.